The van der Waals surface area contributed by atoms with Gasteiger partial charge in [0.25, 0.3) is 5.56 Å². The van der Waals surface area contributed by atoms with E-state index in [2.05, 4.69) is 39.2 Å². The number of nitrogens with zero attached hydrogens (tertiary/aromatic N) is 4. The van der Waals surface area contributed by atoms with Crippen LogP contribution in [-0.4, -0.2) is 45.7 Å². The standard InChI is InChI=1S/C23H29N5O2/c1-3-17-4-5-19(24-13-17)14-25-18-8-10-27(11-9-18)16-28-22-12-20(30-2)15-26-21(22)6-7-23(28)29/h4-7,12-13,15,18,25H,3,8-11,14,16H2,1-2H3. The van der Waals surface area contributed by atoms with Crippen molar-refractivity contribution in [3.63, 3.8) is 0 Å². The van der Waals surface area contributed by atoms with Gasteiger partial charge in [-0.1, -0.05) is 13.0 Å². The van der Waals surface area contributed by atoms with E-state index in [4.69, 9.17) is 4.74 Å². The van der Waals surface area contributed by atoms with Crippen molar-refractivity contribution in [3.05, 3.63) is 64.3 Å². The zero-order valence-electron chi connectivity index (χ0n) is 17.7. The highest BCUT2D eigenvalue weighted by molar-refractivity contribution is 5.75. The number of likely N-dealkylation sites (tertiary alicyclic amines) is 1. The summed E-state index contributed by atoms with van der Waals surface area (Å²) in [5.41, 5.74) is 3.94. The summed E-state index contributed by atoms with van der Waals surface area (Å²) < 4.78 is 7.08. The maximum absolute atomic E-state index is 12.5. The van der Waals surface area contributed by atoms with Gasteiger partial charge in [-0.25, -0.2) is 0 Å². The highest BCUT2D eigenvalue weighted by atomic mass is 16.5. The molecule has 1 saturated heterocycles. The Labute approximate surface area is 176 Å². The fraction of sp³-hybridized carbons (Fsp3) is 0.435. The average Bonchev–Trinajstić information content (AvgIpc) is 2.80. The monoisotopic (exact) mass is 407 g/mol. The lowest BCUT2D eigenvalue weighted by Crippen LogP contribution is -2.44. The van der Waals surface area contributed by atoms with Gasteiger partial charge in [0.2, 0.25) is 0 Å². The van der Waals surface area contributed by atoms with Crippen LogP contribution < -0.4 is 15.6 Å². The zero-order valence-corrected chi connectivity index (χ0v) is 17.7. The molecule has 0 amide bonds. The number of ether oxygens (including phenoxy) is 1. The Bertz CT molecular complexity index is 1040. The summed E-state index contributed by atoms with van der Waals surface area (Å²) in [5, 5.41) is 3.63. The van der Waals surface area contributed by atoms with E-state index in [9.17, 15) is 4.79 Å². The molecule has 30 heavy (non-hydrogen) atoms. The summed E-state index contributed by atoms with van der Waals surface area (Å²) in [6, 6.07) is 9.97. The fourth-order valence-corrected chi connectivity index (χ4v) is 3.90. The fourth-order valence-electron chi connectivity index (χ4n) is 3.90. The average molecular weight is 408 g/mol. The number of hydrogen-bond donors (Lipinski definition) is 1. The van der Waals surface area contributed by atoms with Crippen molar-refractivity contribution in [1.82, 2.24) is 24.8 Å². The Hall–Kier alpha value is -2.77. The van der Waals surface area contributed by atoms with Crippen molar-refractivity contribution in [2.24, 2.45) is 0 Å². The Morgan fingerprint density at radius 2 is 1.97 bits per heavy atom. The minimum Gasteiger partial charge on any atom is -0.495 e. The van der Waals surface area contributed by atoms with Gasteiger partial charge in [0.15, 0.2) is 0 Å². The van der Waals surface area contributed by atoms with Gasteiger partial charge in [0, 0.05) is 44.0 Å². The summed E-state index contributed by atoms with van der Waals surface area (Å²) in [4.78, 5) is 23.8. The van der Waals surface area contributed by atoms with Crippen LogP contribution in [0.2, 0.25) is 0 Å². The largest absolute Gasteiger partial charge is 0.495 e. The summed E-state index contributed by atoms with van der Waals surface area (Å²) in [6.45, 7) is 5.39. The van der Waals surface area contributed by atoms with Crippen LogP contribution in [0, 0.1) is 0 Å². The third-order valence-corrected chi connectivity index (χ3v) is 5.84. The first kappa shape index (κ1) is 20.5. The maximum Gasteiger partial charge on any atom is 0.252 e. The summed E-state index contributed by atoms with van der Waals surface area (Å²) in [7, 11) is 1.61. The van der Waals surface area contributed by atoms with Gasteiger partial charge in [0.05, 0.1) is 36.7 Å². The van der Waals surface area contributed by atoms with Gasteiger partial charge in [-0.05, 0) is 37.0 Å². The highest BCUT2D eigenvalue weighted by Crippen LogP contribution is 2.18. The second-order valence-corrected chi connectivity index (χ2v) is 7.81. The molecular weight excluding hydrogens is 378 g/mol. The topological polar surface area (TPSA) is 72.3 Å². The van der Waals surface area contributed by atoms with E-state index >= 15 is 0 Å². The summed E-state index contributed by atoms with van der Waals surface area (Å²) in [5.74, 6) is 0.658. The van der Waals surface area contributed by atoms with Gasteiger partial charge in [-0.3, -0.25) is 24.2 Å². The van der Waals surface area contributed by atoms with E-state index in [1.165, 1.54) is 5.56 Å². The van der Waals surface area contributed by atoms with Crippen molar-refractivity contribution >= 4 is 11.0 Å². The van der Waals surface area contributed by atoms with E-state index in [0.29, 0.717) is 18.5 Å². The Morgan fingerprint density at radius 3 is 2.67 bits per heavy atom. The number of aromatic nitrogens is 3. The van der Waals surface area contributed by atoms with E-state index in [0.717, 1.165) is 55.6 Å². The quantitative estimate of drug-likeness (QED) is 0.649. The predicted molar refractivity (Wildman–Crippen MR) is 118 cm³/mol. The summed E-state index contributed by atoms with van der Waals surface area (Å²) >= 11 is 0. The van der Waals surface area contributed by atoms with Gasteiger partial charge in [0.1, 0.15) is 5.75 Å². The molecular formula is C23H29N5O2. The molecule has 0 bridgehead atoms. The number of rotatable bonds is 7. The molecule has 0 unspecified atom stereocenters. The molecule has 4 heterocycles. The van der Waals surface area contributed by atoms with E-state index in [-0.39, 0.29) is 5.56 Å². The molecule has 0 aliphatic carbocycles. The van der Waals surface area contributed by atoms with Crippen LogP contribution in [0.4, 0.5) is 0 Å². The smallest absolute Gasteiger partial charge is 0.252 e. The molecule has 0 spiro atoms. The van der Waals surface area contributed by atoms with Crippen molar-refractivity contribution in [3.8, 4) is 5.75 Å². The first-order valence-electron chi connectivity index (χ1n) is 10.6. The molecule has 4 rings (SSSR count). The number of hydrogen-bond acceptors (Lipinski definition) is 6. The lowest BCUT2D eigenvalue weighted by Gasteiger charge is -2.33. The molecule has 0 atom stereocenters. The Morgan fingerprint density at radius 1 is 1.13 bits per heavy atom. The van der Waals surface area contributed by atoms with Crippen LogP contribution in [0.3, 0.4) is 0 Å². The first-order chi connectivity index (χ1) is 14.7. The molecule has 1 N–H and O–H groups in total. The third kappa shape index (κ3) is 4.68. The number of aryl methyl sites for hydroxylation is 1. The van der Waals surface area contributed by atoms with Crippen LogP contribution >= 0.6 is 0 Å². The molecule has 158 valence electrons. The van der Waals surface area contributed by atoms with Crippen LogP contribution in [-0.2, 0) is 19.6 Å². The van der Waals surface area contributed by atoms with E-state index < -0.39 is 0 Å². The Kier molecular flexibility index (Phi) is 6.40. The minimum absolute atomic E-state index is 0.0144. The number of fused-ring (bicyclic) bond motifs is 1. The van der Waals surface area contributed by atoms with E-state index in [1.807, 2.05) is 12.3 Å². The predicted octanol–water partition coefficient (Wildman–Crippen LogP) is 2.57. The van der Waals surface area contributed by atoms with Crippen molar-refractivity contribution < 1.29 is 4.74 Å². The first-order valence-corrected chi connectivity index (χ1v) is 10.6. The van der Waals surface area contributed by atoms with Crippen molar-refractivity contribution in [2.75, 3.05) is 20.2 Å². The molecule has 0 saturated carbocycles. The normalized spacial score (nSPS) is 15.5. The van der Waals surface area contributed by atoms with Gasteiger partial charge in [-0.2, -0.15) is 0 Å². The SMILES string of the molecule is CCc1ccc(CNC2CCN(Cn3c(=O)ccc4ncc(OC)cc43)CC2)nc1. The molecule has 1 fully saturated rings. The van der Waals surface area contributed by atoms with Gasteiger partial charge < -0.3 is 10.1 Å². The third-order valence-electron chi connectivity index (χ3n) is 5.84. The van der Waals surface area contributed by atoms with Gasteiger partial charge >= 0.3 is 0 Å². The van der Waals surface area contributed by atoms with Crippen LogP contribution in [0.1, 0.15) is 31.0 Å². The molecule has 0 radical (unpaired) electrons. The maximum atomic E-state index is 12.5. The van der Waals surface area contributed by atoms with Gasteiger partial charge in [-0.15, -0.1) is 0 Å². The van der Waals surface area contributed by atoms with E-state index in [1.54, 1.807) is 30.0 Å². The number of methoxy groups -OCH3 is 1. The van der Waals surface area contributed by atoms with Crippen LogP contribution in [0.15, 0.2) is 47.5 Å². The van der Waals surface area contributed by atoms with Crippen LogP contribution in [0.25, 0.3) is 11.0 Å². The van der Waals surface area contributed by atoms with Crippen molar-refractivity contribution in [2.45, 2.75) is 45.4 Å². The molecule has 1 aliphatic rings. The molecule has 0 aromatic carbocycles. The Balaban J connectivity index is 1.35. The van der Waals surface area contributed by atoms with Crippen molar-refractivity contribution in [1.29, 1.82) is 0 Å². The molecule has 3 aromatic rings. The van der Waals surface area contributed by atoms with Crippen LogP contribution in [0.5, 0.6) is 5.75 Å². The zero-order chi connectivity index (χ0) is 20.9. The minimum atomic E-state index is -0.0144. The lowest BCUT2D eigenvalue weighted by atomic mass is 10.1. The number of piperidine rings is 1. The summed E-state index contributed by atoms with van der Waals surface area (Å²) in [6.07, 6.45) is 6.76. The highest BCUT2D eigenvalue weighted by Gasteiger charge is 2.20. The number of nitrogens with one attached hydrogen (secondary N) is 1. The number of pyridine rings is 3. The molecule has 1 aliphatic heterocycles. The molecule has 7 heteroatoms. The molecule has 3 aromatic heterocycles. The molecule has 7 nitrogen and oxygen atoms in total. The lowest BCUT2D eigenvalue weighted by molar-refractivity contribution is 0.159. The second-order valence-electron chi connectivity index (χ2n) is 7.81. The second kappa shape index (κ2) is 9.36.